The molecule has 20 heavy (non-hydrogen) atoms. The third-order valence-electron chi connectivity index (χ3n) is 3.73. The number of nitrogens with two attached hydrogens (primary N) is 1. The molecule has 3 N–H and O–H groups in total. The number of nitrogens with one attached hydrogen (secondary N) is 1. The molecule has 0 aromatic heterocycles. The van der Waals surface area contributed by atoms with Crippen molar-refractivity contribution < 1.29 is 9.18 Å². The first-order valence-corrected chi connectivity index (χ1v) is 6.53. The molecular weight excluding hydrogens is 255 g/mol. The number of nitrogen functional groups attached to an aromatic ring is 1. The highest BCUT2D eigenvalue weighted by Gasteiger charge is 2.51. The van der Waals surface area contributed by atoms with E-state index in [4.69, 9.17) is 5.73 Å². The van der Waals surface area contributed by atoms with E-state index in [1.54, 1.807) is 24.3 Å². The fourth-order valence-corrected chi connectivity index (χ4v) is 2.39. The molecular formula is C16H15FN2O. The van der Waals surface area contributed by atoms with Crippen LogP contribution in [0, 0.1) is 5.82 Å². The standard InChI is InChI=1S/C16H15FN2O/c17-12-2-1-3-14(10-12)19-15(20)16(8-9-16)11-4-6-13(18)7-5-11/h1-7,10H,8-9,18H2,(H,19,20). The fourth-order valence-electron chi connectivity index (χ4n) is 2.39. The van der Waals surface area contributed by atoms with Crippen LogP contribution in [-0.4, -0.2) is 5.91 Å². The summed E-state index contributed by atoms with van der Waals surface area (Å²) in [5.41, 5.74) is 7.30. The summed E-state index contributed by atoms with van der Waals surface area (Å²) in [6, 6.07) is 13.3. The summed E-state index contributed by atoms with van der Waals surface area (Å²) in [5.74, 6) is -0.451. The van der Waals surface area contributed by atoms with Crippen LogP contribution in [0.15, 0.2) is 48.5 Å². The van der Waals surface area contributed by atoms with Crippen molar-refractivity contribution in [3.63, 3.8) is 0 Å². The van der Waals surface area contributed by atoms with Crippen molar-refractivity contribution in [2.45, 2.75) is 18.3 Å². The minimum absolute atomic E-state index is 0.0899. The van der Waals surface area contributed by atoms with Gasteiger partial charge in [-0.2, -0.15) is 0 Å². The van der Waals surface area contributed by atoms with Crippen LogP contribution in [0.2, 0.25) is 0 Å². The first kappa shape index (κ1) is 12.7. The number of anilines is 2. The number of halogens is 1. The molecule has 1 aliphatic carbocycles. The monoisotopic (exact) mass is 270 g/mol. The van der Waals surface area contributed by atoms with E-state index in [0.717, 1.165) is 18.4 Å². The molecule has 1 aliphatic rings. The number of amides is 1. The van der Waals surface area contributed by atoms with Crippen LogP contribution in [0.1, 0.15) is 18.4 Å². The summed E-state index contributed by atoms with van der Waals surface area (Å²) in [7, 11) is 0. The van der Waals surface area contributed by atoms with Crippen LogP contribution in [0.5, 0.6) is 0 Å². The Morgan fingerprint density at radius 1 is 1.15 bits per heavy atom. The first-order chi connectivity index (χ1) is 9.60. The van der Waals surface area contributed by atoms with E-state index in [2.05, 4.69) is 5.32 Å². The third-order valence-corrected chi connectivity index (χ3v) is 3.73. The molecule has 102 valence electrons. The maximum atomic E-state index is 13.1. The lowest BCUT2D eigenvalue weighted by atomic mass is 9.94. The van der Waals surface area contributed by atoms with E-state index < -0.39 is 5.41 Å². The molecule has 0 spiro atoms. The van der Waals surface area contributed by atoms with Gasteiger partial charge in [-0.1, -0.05) is 18.2 Å². The van der Waals surface area contributed by atoms with Crippen molar-refractivity contribution in [1.82, 2.24) is 0 Å². The molecule has 2 aromatic carbocycles. The van der Waals surface area contributed by atoms with Gasteiger partial charge in [-0.05, 0) is 48.7 Å². The van der Waals surface area contributed by atoms with Crippen molar-refractivity contribution in [3.05, 3.63) is 59.9 Å². The molecule has 0 bridgehead atoms. The molecule has 0 radical (unpaired) electrons. The lowest BCUT2D eigenvalue weighted by Gasteiger charge is -2.16. The van der Waals surface area contributed by atoms with E-state index in [0.29, 0.717) is 11.4 Å². The predicted octanol–water partition coefficient (Wildman–Crippen LogP) is 3.08. The predicted molar refractivity (Wildman–Crippen MR) is 76.8 cm³/mol. The van der Waals surface area contributed by atoms with E-state index in [-0.39, 0.29) is 11.7 Å². The van der Waals surface area contributed by atoms with Gasteiger partial charge in [0.25, 0.3) is 0 Å². The molecule has 2 aromatic rings. The van der Waals surface area contributed by atoms with Crippen LogP contribution < -0.4 is 11.1 Å². The smallest absolute Gasteiger partial charge is 0.235 e. The third kappa shape index (κ3) is 2.25. The van der Waals surface area contributed by atoms with Crippen molar-refractivity contribution >= 4 is 17.3 Å². The molecule has 0 atom stereocenters. The van der Waals surface area contributed by atoms with Crippen LogP contribution in [0.3, 0.4) is 0 Å². The van der Waals surface area contributed by atoms with E-state index in [1.165, 1.54) is 12.1 Å². The number of hydrogen-bond donors (Lipinski definition) is 2. The Hall–Kier alpha value is -2.36. The van der Waals surface area contributed by atoms with Gasteiger partial charge in [-0.15, -0.1) is 0 Å². The Morgan fingerprint density at radius 2 is 1.85 bits per heavy atom. The minimum Gasteiger partial charge on any atom is -0.399 e. The number of hydrogen-bond acceptors (Lipinski definition) is 2. The molecule has 0 saturated heterocycles. The second kappa shape index (κ2) is 4.63. The fraction of sp³-hybridized carbons (Fsp3) is 0.188. The summed E-state index contributed by atoms with van der Waals surface area (Å²) < 4.78 is 13.1. The van der Waals surface area contributed by atoms with Crippen molar-refractivity contribution in [2.75, 3.05) is 11.1 Å². The van der Waals surface area contributed by atoms with Crippen molar-refractivity contribution in [1.29, 1.82) is 0 Å². The molecule has 1 amide bonds. The normalized spacial score (nSPS) is 15.7. The van der Waals surface area contributed by atoms with Crippen molar-refractivity contribution in [2.24, 2.45) is 0 Å². The Bertz CT molecular complexity index is 648. The van der Waals surface area contributed by atoms with E-state index >= 15 is 0 Å². The number of carbonyl (C=O) groups is 1. The zero-order chi connectivity index (χ0) is 14.2. The van der Waals surface area contributed by atoms with Gasteiger partial charge < -0.3 is 11.1 Å². The SMILES string of the molecule is Nc1ccc(C2(C(=O)Nc3cccc(F)c3)CC2)cc1. The summed E-state index contributed by atoms with van der Waals surface area (Å²) in [6.07, 6.45) is 1.61. The lowest BCUT2D eigenvalue weighted by Crippen LogP contribution is -2.27. The highest BCUT2D eigenvalue weighted by Crippen LogP contribution is 2.49. The first-order valence-electron chi connectivity index (χ1n) is 6.53. The van der Waals surface area contributed by atoms with Gasteiger partial charge in [0, 0.05) is 11.4 Å². The van der Waals surface area contributed by atoms with Crippen LogP contribution >= 0.6 is 0 Å². The van der Waals surface area contributed by atoms with Gasteiger partial charge in [0.1, 0.15) is 5.82 Å². The van der Waals surface area contributed by atoms with Gasteiger partial charge in [-0.3, -0.25) is 4.79 Å². The van der Waals surface area contributed by atoms with E-state index in [1.807, 2.05) is 12.1 Å². The second-order valence-corrected chi connectivity index (χ2v) is 5.17. The average Bonchev–Trinajstić information content (AvgIpc) is 3.21. The number of rotatable bonds is 3. The summed E-state index contributed by atoms with van der Waals surface area (Å²) in [6.45, 7) is 0. The lowest BCUT2D eigenvalue weighted by molar-refractivity contribution is -0.118. The maximum absolute atomic E-state index is 13.1. The number of carbonyl (C=O) groups excluding carboxylic acids is 1. The van der Waals surface area contributed by atoms with Crippen LogP contribution in [-0.2, 0) is 10.2 Å². The number of benzene rings is 2. The van der Waals surface area contributed by atoms with Gasteiger partial charge in [-0.25, -0.2) is 4.39 Å². The Balaban J connectivity index is 1.81. The zero-order valence-corrected chi connectivity index (χ0v) is 10.9. The van der Waals surface area contributed by atoms with Crippen LogP contribution in [0.4, 0.5) is 15.8 Å². The molecule has 1 saturated carbocycles. The molecule has 1 fully saturated rings. The van der Waals surface area contributed by atoms with Crippen LogP contribution in [0.25, 0.3) is 0 Å². The van der Waals surface area contributed by atoms with Gasteiger partial charge in [0.2, 0.25) is 5.91 Å². The highest BCUT2D eigenvalue weighted by molar-refractivity contribution is 6.01. The topological polar surface area (TPSA) is 55.1 Å². The largest absolute Gasteiger partial charge is 0.399 e. The Morgan fingerprint density at radius 3 is 2.45 bits per heavy atom. The molecule has 3 rings (SSSR count). The maximum Gasteiger partial charge on any atom is 0.235 e. The van der Waals surface area contributed by atoms with Gasteiger partial charge in [0.05, 0.1) is 5.41 Å². The Labute approximate surface area is 116 Å². The average molecular weight is 270 g/mol. The minimum atomic E-state index is -0.486. The highest BCUT2D eigenvalue weighted by atomic mass is 19.1. The van der Waals surface area contributed by atoms with Gasteiger partial charge in [0.15, 0.2) is 0 Å². The molecule has 0 aliphatic heterocycles. The van der Waals surface area contributed by atoms with Gasteiger partial charge >= 0.3 is 0 Å². The van der Waals surface area contributed by atoms with E-state index in [9.17, 15) is 9.18 Å². The molecule has 0 heterocycles. The summed E-state index contributed by atoms with van der Waals surface area (Å²) in [5, 5.41) is 2.79. The molecule has 3 nitrogen and oxygen atoms in total. The summed E-state index contributed by atoms with van der Waals surface area (Å²) in [4.78, 5) is 12.4. The summed E-state index contributed by atoms with van der Waals surface area (Å²) >= 11 is 0. The van der Waals surface area contributed by atoms with Crippen molar-refractivity contribution in [3.8, 4) is 0 Å². The Kier molecular flexibility index (Phi) is 2.93. The zero-order valence-electron chi connectivity index (χ0n) is 10.9. The molecule has 4 heteroatoms. The molecule has 0 unspecified atom stereocenters. The quantitative estimate of drug-likeness (QED) is 0.842. The second-order valence-electron chi connectivity index (χ2n) is 5.17.